The maximum atomic E-state index is 11.6. The van der Waals surface area contributed by atoms with Crippen LogP contribution in [0.2, 0.25) is 0 Å². The van der Waals surface area contributed by atoms with E-state index in [2.05, 4.69) is 22.0 Å². The van der Waals surface area contributed by atoms with Gasteiger partial charge in [-0.2, -0.15) is 9.78 Å². The molecule has 1 heterocycles. The summed E-state index contributed by atoms with van der Waals surface area (Å²) in [4.78, 5) is 31.2. The van der Waals surface area contributed by atoms with Crippen molar-refractivity contribution in [2.75, 3.05) is 6.54 Å². The van der Waals surface area contributed by atoms with Gasteiger partial charge in [-0.25, -0.2) is 4.79 Å². The van der Waals surface area contributed by atoms with Crippen molar-refractivity contribution >= 4 is 11.9 Å². The molecule has 0 aromatic carbocycles. The summed E-state index contributed by atoms with van der Waals surface area (Å²) in [6, 6.07) is 0. The molecule has 1 fully saturated rings. The number of carboxylic acid groups (broad SMARTS) is 1. The first-order valence-electron chi connectivity index (χ1n) is 7.97. The largest absolute Gasteiger partial charge is 0.477 e. The number of carbonyl (C=O) groups is 2. The van der Waals surface area contributed by atoms with Gasteiger partial charge in [0.15, 0.2) is 0 Å². The molecule has 1 aliphatic heterocycles. The molecular formula is C15H27NO5. The second-order valence-corrected chi connectivity index (χ2v) is 5.55. The highest BCUT2D eigenvalue weighted by Crippen LogP contribution is 2.34. The molecule has 1 rings (SSSR count). The van der Waals surface area contributed by atoms with Gasteiger partial charge in [-0.05, 0) is 12.8 Å². The van der Waals surface area contributed by atoms with Gasteiger partial charge in [0.25, 0.3) is 0 Å². The van der Waals surface area contributed by atoms with Crippen molar-refractivity contribution in [3.05, 3.63) is 0 Å². The topological polar surface area (TPSA) is 91.5 Å². The number of aliphatic carboxylic acids is 1. The van der Waals surface area contributed by atoms with Crippen molar-refractivity contribution in [2.24, 2.45) is 0 Å². The molecule has 0 radical (unpaired) electrons. The van der Waals surface area contributed by atoms with E-state index in [1.54, 1.807) is 0 Å². The molecule has 1 saturated heterocycles. The molecule has 0 unspecified atom stereocenters. The van der Waals surface area contributed by atoms with E-state index in [0.717, 1.165) is 12.8 Å². The monoisotopic (exact) mass is 301 g/mol. The Morgan fingerprint density at radius 3 is 2.19 bits per heavy atom. The molecule has 6 heteroatoms. The van der Waals surface area contributed by atoms with E-state index in [1.165, 1.54) is 32.1 Å². The predicted octanol–water partition coefficient (Wildman–Crippen LogP) is 2.77. The summed E-state index contributed by atoms with van der Waals surface area (Å²) >= 11 is 0. The van der Waals surface area contributed by atoms with Crippen LogP contribution in [0.15, 0.2) is 0 Å². The van der Waals surface area contributed by atoms with Crippen LogP contribution in [0.3, 0.4) is 0 Å². The third-order valence-corrected chi connectivity index (χ3v) is 3.62. The van der Waals surface area contributed by atoms with E-state index in [4.69, 9.17) is 5.11 Å². The van der Waals surface area contributed by atoms with E-state index in [0.29, 0.717) is 19.4 Å². The first kappa shape index (κ1) is 17.9. The number of unbranched alkanes of at least 4 members (excludes halogenated alkanes) is 6. The van der Waals surface area contributed by atoms with E-state index < -0.39 is 11.8 Å². The number of hydrogen-bond donors (Lipinski definition) is 2. The highest BCUT2D eigenvalue weighted by atomic mass is 17.4. The minimum Gasteiger partial charge on any atom is -0.477 e. The van der Waals surface area contributed by atoms with Crippen molar-refractivity contribution in [3.63, 3.8) is 0 Å². The molecule has 2 N–H and O–H groups in total. The van der Waals surface area contributed by atoms with Crippen LogP contribution in [0.25, 0.3) is 0 Å². The van der Waals surface area contributed by atoms with Gasteiger partial charge in [0, 0.05) is 19.4 Å². The number of hydrogen-bond acceptors (Lipinski definition) is 4. The quantitative estimate of drug-likeness (QED) is 0.310. The molecule has 0 aliphatic carbocycles. The van der Waals surface area contributed by atoms with Crippen molar-refractivity contribution < 1.29 is 24.5 Å². The average Bonchev–Trinajstić information content (AvgIpc) is 3.23. The van der Waals surface area contributed by atoms with E-state index in [9.17, 15) is 9.59 Å². The minimum absolute atomic E-state index is 0.0397. The Morgan fingerprint density at radius 1 is 1.00 bits per heavy atom. The fourth-order valence-corrected chi connectivity index (χ4v) is 2.19. The molecule has 0 spiro atoms. The molecule has 6 nitrogen and oxygen atoms in total. The van der Waals surface area contributed by atoms with Crippen molar-refractivity contribution in [2.45, 2.75) is 76.9 Å². The van der Waals surface area contributed by atoms with Crippen LogP contribution in [-0.4, -0.2) is 29.3 Å². The van der Waals surface area contributed by atoms with Gasteiger partial charge in [0.2, 0.25) is 5.91 Å². The third kappa shape index (κ3) is 7.43. The van der Waals surface area contributed by atoms with Gasteiger partial charge in [0.05, 0.1) is 0 Å². The van der Waals surface area contributed by atoms with Gasteiger partial charge in [-0.15, -0.1) is 0 Å². The molecule has 0 bridgehead atoms. The lowest BCUT2D eigenvalue weighted by atomic mass is 10.1. The summed E-state index contributed by atoms with van der Waals surface area (Å²) in [6.45, 7) is 2.90. The summed E-state index contributed by atoms with van der Waals surface area (Å²) in [5.74, 6) is -2.66. The summed E-state index contributed by atoms with van der Waals surface area (Å²) in [7, 11) is 0. The van der Waals surface area contributed by atoms with Crippen molar-refractivity contribution in [3.8, 4) is 0 Å². The van der Waals surface area contributed by atoms with Crippen LogP contribution in [0, 0.1) is 0 Å². The molecule has 122 valence electrons. The Morgan fingerprint density at radius 2 is 1.62 bits per heavy atom. The maximum Gasteiger partial charge on any atom is 0.370 e. The van der Waals surface area contributed by atoms with Crippen LogP contribution < -0.4 is 5.32 Å². The molecule has 1 aliphatic rings. The van der Waals surface area contributed by atoms with Gasteiger partial charge >= 0.3 is 11.8 Å². The lowest BCUT2D eigenvalue weighted by molar-refractivity contribution is -0.144. The lowest BCUT2D eigenvalue weighted by Gasteiger charge is -2.05. The highest BCUT2D eigenvalue weighted by Gasteiger charge is 2.56. The molecular weight excluding hydrogens is 274 g/mol. The molecule has 1 amide bonds. The Balaban J connectivity index is 1.89. The maximum absolute atomic E-state index is 11.6. The van der Waals surface area contributed by atoms with E-state index >= 15 is 0 Å². The Labute approximate surface area is 126 Å². The second-order valence-electron chi connectivity index (χ2n) is 5.55. The second kappa shape index (κ2) is 9.73. The number of carboxylic acids is 1. The van der Waals surface area contributed by atoms with Gasteiger partial charge in [0.1, 0.15) is 0 Å². The Kier molecular flexibility index (Phi) is 8.30. The molecule has 0 aromatic heterocycles. The first-order chi connectivity index (χ1) is 10.1. The van der Waals surface area contributed by atoms with Crippen LogP contribution in [-0.2, 0) is 19.4 Å². The predicted molar refractivity (Wildman–Crippen MR) is 77.4 cm³/mol. The Hall–Kier alpha value is -1.14. The van der Waals surface area contributed by atoms with E-state index in [1.807, 2.05) is 0 Å². The zero-order valence-electron chi connectivity index (χ0n) is 12.9. The van der Waals surface area contributed by atoms with Crippen molar-refractivity contribution in [1.29, 1.82) is 0 Å². The van der Waals surface area contributed by atoms with Crippen LogP contribution in [0.5, 0.6) is 0 Å². The summed E-state index contributed by atoms with van der Waals surface area (Å²) in [6.07, 6.45) is 9.47. The lowest BCUT2D eigenvalue weighted by Crippen LogP contribution is -2.26. The number of carbonyl (C=O) groups excluding carboxylic acids is 1. The number of nitrogens with one attached hydrogen (secondary N) is 1. The average molecular weight is 301 g/mol. The van der Waals surface area contributed by atoms with Gasteiger partial charge in [-0.3, -0.25) is 4.79 Å². The van der Waals surface area contributed by atoms with Crippen LogP contribution in [0.4, 0.5) is 0 Å². The molecule has 0 aromatic rings. The fourth-order valence-electron chi connectivity index (χ4n) is 2.19. The van der Waals surface area contributed by atoms with Crippen LogP contribution >= 0.6 is 0 Å². The minimum atomic E-state index is -1.49. The number of rotatable bonds is 13. The third-order valence-electron chi connectivity index (χ3n) is 3.62. The number of amides is 1. The summed E-state index contributed by atoms with van der Waals surface area (Å²) in [5, 5.41) is 11.6. The van der Waals surface area contributed by atoms with Crippen LogP contribution in [0.1, 0.15) is 71.1 Å². The smallest absolute Gasteiger partial charge is 0.370 e. The fraction of sp³-hybridized carbons (Fsp3) is 0.867. The summed E-state index contributed by atoms with van der Waals surface area (Å²) in [5.41, 5.74) is 0. The van der Waals surface area contributed by atoms with E-state index in [-0.39, 0.29) is 12.3 Å². The van der Waals surface area contributed by atoms with Gasteiger partial charge in [-0.1, -0.05) is 45.4 Å². The SMILES string of the molecule is CCCCCCCCCNC(=O)CCCC1(C(=O)O)OO1. The summed E-state index contributed by atoms with van der Waals surface area (Å²) < 4.78 is 0. The zero-order chi connectivity index (χ0) is 15.6. The molecule has 0 atom stereocenters. The zero-order valence-corrected chi connectivity index (χ0v) is 12.9. The first-order valence-corrected chi connectivity index (χ1v) is 7.97. The van der Waals surface area contributed by atoms with Gasteiger partial charge < -0.3 is 10.4 Å². The highest BCUT2D eigenvalue weighted by molar-refractivity contribution is 5.78. The molecule has 21 heavy (non-hydrogen) atoms. The molecule has 0 saturated carbocycles. The van der Waals surface area contributed by atoms with Crippen molar-refractivity contribution in [1.82, 2.24) is 5.32 Å². The normalized spacial score (nSPS) is 15.7. The standard InChI is InChI=1S/C15H27NO5/c1-2-3-4-5-6-7-8-12-16-13(17)10-9-11-15(14(18)19)20-21-15/h2-12H2,1H3,(H,16,17)(H,18,19). The Bertz CT molecular complexity index is 328.